The van der Waals surface area contributed by atoms with E-state index in [2.05, 4.69) is 36.5 Å². The number of hydrogen-bond acceptors (Lipinski definition) is 3. The van der Waals surface area contributed by atoms with Crippen molar-refractivity contribution in [2.75, 3.05) is 19.6 Å². The number of likely N-dealkylation sites (tertiary alicyclic amines) is 1. The molecule has 1 aliphatic rings. The molecule has 0 saturated carbocycles. The van der Waals surface area contributed by atoms with Gasteiger partial charge in [-0.2, -0.15) is 0 Å². The van der Waals surface area contributed by atoms with E-state index in [1.807, 2.05) is 24.8 Å². The summed E-state index contributed by atoms with van der Waals surface area (Å²) in [6.45, 7) is 7.45. The Morgan fingerprint density at radius 3 is 2.48 bits per heavy atom. The van der Waals surface area contributed by atoms with Crippen LogP contribution in [-0.4, -0.2) is 42.4 Å². The van der Waals surface area contributed by atoms with Crippen LogP contribution >= 0.6 is 12.4 Å². The lowest BCUT2D eigenvalue weighted by molar-refractivity contribution is -0.134. The van der Waals surface area contributed by atoms with E-state index < -0.39 is 6.04 Å². The van der Waals surface area contributed by atoms with Gasteiger partial charge in [0, 0.05) is 13.1 Å². The highest BCUT2D eigenvalue weighted by molar-refractivity contribution is 5.87. The van der Waals surface area contributed by atoms with Gasteiger partial charge in [0.05, 0.1) is 12.6 Å². The van der Waals surface area contributed by atoms with Crippen molar-refractivity contribution in [3.05, 3.63) is 35.9 Å². The summed E-state index contributed by atoms with van der Waals surface area (Å²) in [6, 6.07) is 9.90. The maximum Gasteiger partial charge on any atom is 0.241 e. The van der Waals surface area contributed by atoms with Crippen LogP contribution in [0.3, 0.4) is 0 Å². The fourth-order valence-corrected chi connectivity index (χ4v) is 3.26. The first-order chi connectivity index (χ1) is 11.4. The lowest BCUT2D eigenvalue weighted by Gasteiger charge is -2.37. The van der Waals surface area contributed by atoms with E-state index in [4.69, 9.17) is 5.73 Å². The van der Waals surface area contributed by atoms with E-state index in [-0.39, 0.29) is 36.7 Å². The molecule has 3 atom stereocenters. The number of carbonyl (C=O) groups is 2. The molecule has 2 amide bonds. The molecule has 2 unspecified atom stereocenters. The molecule has 0 aliphatic carbocycles. The third kappa shape index (κ3) is 5.72. The van der Waals surface area contributed by atoms with Crippen molar-refractivity contribution in [2.24, 2.45) is 17.6 Å². The minimum Gasteiger partial charge on any atom is -0.346 e. The third-order valence-electron chi connectivity index (χ3n) is 4.92. The van der Waals surface area contributed by atoms with Gasteiger partial charge in [0.2, 0.25) is 11.8 Å². The highest BCUT2D eigenvalue weighted by Gasteiger charge is 2.29. The topological polar surface area (TPSA) is 75.4 Å². The van der Waals surface area contributed by atoms with Crippen LogP contribution in [0, 0.1) is 11.8 Å². The van der Waals surface area contributed by atoms with Gasteiger partial charge in [-0.3, -0.25) is 9.59 Å². The van der Waals surface area contributed by atoms with Crippen molar-refractivity contribution in [3.63, 3.8) is 0 Å². The summed E-state index contributed by atoms with van der Waals surface area (Å²) < 4.78 is 0. The summed E-state index contributed by atoms with van der Waals surface area (Å²) in [5.41, 5.74) is 7.13. The summed E-state index contributed by atoms with van der Waals surface area (Å²) in [6.07, 6.45) is 0.955. The molecule has 140 valence electrons. The maximum absolute atomic E-state index is 12.4. The number of benzene rings is 1. The van der Waals surface area contributed by atoms with Gasteiger partial charge in [0.1, 0.15) is 0 Å². The number of halogens is 1. The molecule has 0 spiro atoms. The first kappa shape index (κ1) is 21.5. The first-order valence-corrected chi connectivity index (χ1v) is 8.76. The predicted octanol–water partition coefficient (Wildman–Crippen LogP) is 2.16. The van der Waals surface area contributed by atoms with Crippen LogP contribution < -0.4 is 11.1 Å². The minimum atomic E-state index is -0.569. The Labute approximate surface area is 156 Å². The van der Waals surface area contributed by atoms with E-state index in [9.17, 15) is 9.59 Å². The predicted molar refractivity (Wildman–Crippen MR) is 103 cm³/mol. The van der Waals surface area contributed by atoms with E-state index in [1.54, 1.807) is 0 Å². The number of nitrogens with two attached hydrogens (primary N) is 1. The van der Waals surface area contributed by atoms with E-state index in [0.717, 1.165) is 19.5 Å². The minimum absolute atomic E-state index is 0. The van der Waals surface area contributed by atoms with Gasteiger partial charge in [-0.25, -0.2) is 0 Å². The van der Waals surface area contributed by atoms with Crippen LogP contribution in [0.2, 0.25) is 0 Å². The Morgan fingerprint density at radius 2 is 1.92 bits per heavy atom. The van der Waals surface area contributed by atoms with Crippen LogP contribution in [0.4, 0.5) is 0 Å². The number of hydrogen-bond donors (Lipinski definition) is 2. The molecule has 1 heterocycles. The van der Waals surface area contributed by atoms with Crippen LogP contribution in [0.5, 0.6) is 0 Å². The second kappa shape index (κ2) is 9.78. The van der Waals surface area contributed by atoms with E-state index in [0.29, 0.717) is 11.8 Å². The number of amides is 2. The lowest BCUT2D eigenvalue weighted by atomic mass is 9.81. The van der Waals surface area contributed by atoms with E-state index >= 15 is 0 Å². The zero-order valence-electron chi connectivity index (χ0n) is 15.3. The molecule has 25 heavy (non-hydrogen) atoms. The van der Waals surface area contributed by atoms with Crippen LogP contribution in [0.1, 0.15) is 38.7 Å². The Kier molecular flexibility index (Phi) is 8.39. The van der Waals surface area contributed by atoms with Crippen molar-refractivity contribution in [3.8, 4) is 0 Å². The molecule has 0 bridgehead atoms. The Morgan fingerprint density at radius 1 is 1.28 bits per heavy atom. The highest BCUT2D eigenvalue weighted by atomic mass is 35.5. The smallest absolute Gasteiger partial charge is 0.241 e. The summed E-state index contributed by atoms with van der Waals surface area (Å²) in [5, 5.41) is 2.66. The summed E-state index contributed by atoms with van der Waals surface area (Å²) in [4.78, 5) is 26.1. The number of carbonyl (C=O) groups excluding carboxylic acids is 2. The summed E-state index contributed by atoms with van der Waals surface area (Å²) in [5.74, 6) is 0.655. The number of rotatable bonds is 5. The zero-order chi connectivity index (χ0) is 17.7. The van der Waals surface area contributed by atoms with Crippen molar-refractivity contribution in [2.45, 2.75) is 39.2 Å². The van der Waals surface area contributed by atoms with Crippen LogP contribution in [-0.2, 0) is 9.59 Å². The van der Waals surface area contributed by atoms with Crippen molar-refractivity contribution < 1.29 is 9.59 Å². The molecule has 0 radical (unpaired) electrons. The molecule has 0 aromatic heterocycles. The van der Waals surface area contributed by atoms with Crippen molar-refractivity contribution in [1.29, 1.82) is 0 Å². The van der Waals surface area contributed by atoms with E-state index in [1.165, 1.54) is 5.56 Å². The average molecular weight is 368 g/mol. The Bertz CT molecular complexity index is 565. The quantitative estimate of drug-likeness (QED) is 0.837. The van der Waals surface area contributed by atoms with Gasteiger partial charge >= 0.3 is 0 Å². The van der Waals surface area contributed by atoms with Crippen molar-refractivity contribution in [1.82, 2.24) is 10.2 Å². The zero-order valence-corrected chi connectivity index (χ0v) is 16.1. The average Bonchev–Trinajstić information content (AvgIpc) is 2.59. The molecule has 1 aromatic rings. The fourth-order valence-electron chi connectivity index (χ4n) is 3.26. The normalized spacial score (nSPS) is 21.4. The van der Waals surface area contributed by atoms with Gasteiger partial charge in [0.15, 0.2) is 0 Å². The van der Waals surface area contributed by atoms with Gasteiger partial charge in [0.25, 0.3) is 0 Å². The Hall–Kier alpha value is -1.59. The fraction of sp³-hybridized carbons (Fsp3) is 0.579. The van der Waals surface area contributed by atoms with Crippen LogP contribution in [0.25, 0.3) is 0 Å². The molecular formula is C19H30ClN3O2. The van der Waals surface area contributed by atoms with Gasteiger partial charge in [-0.1, -0.05) is 51.1 Å². The second-order valence-electron chi connectivity index (χ2n) is 7.11. The number of piperidine rings is 1. The van der Waals surface area contributed by atoms with Gasteiger partial charge in [-0.05, 0) is 29.7 Å². The summed E-state index contributed by atoms with van der Waals surface area (Å²) in [7, 11) is 0. The first-order valence-electron chi connectivity index (χ1n) is 8.76. The molecule has 1 aliphatic heterocycles. The molecule has 2 rings (SSSR count). The molecular weight excluding hydrogens is 338 g/mol. The van der Waals surface area contributed by atoms with Crippen LogP contribution in [0.15, 0.2) is 30.3 Å². The third-order valence-corrected chi connectivity index (χ3v) is 4.92. The summed E-state index contributed by atoms with van der Waals surface area (Å²) >= 11 is 0. The maximum atomic E-state index is 12.4. The van der Waals surface area contributed by atoms with Crippen molar-refractivity contribution >= 4 is 24.2 Å². The molecule has 3 N–H and O–H groups in total. The lowest BCUT2D eigenvalue weighted by Crippen LogP contribution is -2.50. The largest absolute Gasteiger partial charge is 0.346 e. The molecule has 5 nitrogen and oxygen atoms in total. The Balaban J connectivity index is 0.00000312. The molecule has 1 saturated heterocycles. The monoisotopic (exact) mass is 367 g/mol. The van der Waals surface area contributed by atoms with Gasteiger partial charge in [-0.15, -0.1) is 12.4 Å². The SMILES string of the molecule is CC1CN(C(=O)CNC(=O)[C@@H](N)C(C)C)CCC1c1ccccc1.Cl. The number of nitrogens with one attached hydrogen (secondary N) is 1. The highest BCUT2D eigenvalue weighted by Crippen LogP contribution is 2.32. The molecule has 6 heteroatoms. The molecule has 1 fully saturated rings. The molecule has 1 aromatic carbocycles. The van der Waals surface area contributed by atoms with Gasteiger partial charge < -0.3 is 16.0 Å². The second-order valence-corrected chi connectivity index (χ2v) is 7.11. The standard InChI is InChI=1S/C19H29N3O2.ClH/c1-13(2)18(20)19(24)21-11-17(23)22-10-9-16(14(3)12-22)15-7-5-4-6-8-15;/h4-8,13-14,16,18H,9-12,20H2,1-3H3,(H,21,24);1H/t14?,16?,18-;/m0./s1. The number of nitrogens with zero attached hydrogens (tertiary/aromatic N) is 1.